The quantitative estimate of drug-likeness (QED) is 0.524. The molecule has 0 saturated carbocycles. The number of nitrogens with one attached hydrogen (secondary N) is 2. The van der Waals surface area contributed by atoms with Crippen LogP contribution in [0.5, 0.6) is 0 Å². The smallest absolute Gasteiger partial charge is 0.313 e. The van der Waals surface area contributed by atoms with E-state index in [1.165, 1.54) is 0 Å². The lowest BCUT2D eigenvalue weighted by molar-refractivity contribution is -0.137. The number of anilines is 1. The molecule has 1 aromatic carbocycles. The molecule has 0 saturated heterocycles. The molecule has 1 rings (SSSR count). The van der Waals surface area contributed by atoms with Crippen LogP contribution in [0, 0.1) is 17.5 Å². The summed E-state index contributed by atoms with van der Waals surface area (Å²) in [6.45, 7) is 3.61. The van der Waals surface area contributed by atoms with Crippen molar-refractivity contribution >= 4 is 17.5 Å². The molecule has 0 radical (unpaired) electrons. The Kier molecular flexibility index (Phi) is 7.21. The molecule has 0 bridgehead atoms. The van der Waals surface area contributed by atoms with E-state index in [0.717, 1.165) is 6.07 Å². The van der Waals surface area contributed by atoms with Crippen molar-refractivity contribution in [1.82, 2.24) is 5.32 Å². The van der Waals surface area contributed by atoms with E-state index in [9.17, 15) is 27.9 Å². The van der Waals surface area contributed by atoms with Gasteiger partial charge in [-0.1, -0.05) is 26.7 Å². The Morgan fingerprint density at radius 2 is 1.62 bits per heavy atom. The minimum Gasteiger partial charge on any atom is -0.388 e. The summed E-state index contributed by atoms with van der Waals surface area (Å²) in [6, 6.07) is 1.44. The molecule has 2 amide bonds. The van der Waals surface area contributed by atoms with E-state index in [1.807, 2.05) is 19.2 Å². The van der Waals surface area contributed by atoms with Gasteiger partial charge in [-0.15, -0.1) is 0 Å². The van der Waals surface area contributed by atoms with Crippen molar-refractivity contribution in [2.24, 2.45) is 0 Å². The molecule has 0 aliphatic rings. The zero-order chi connectivity index (χ0) is 18.3. The van der Waals surface area contributed by atoms with E-state index in [2.05, 4.69) is 5.32 Å². The van der Waals surface area contributed by atoms with E-state index in [4.69, 9.17) is 0 Å². The number of benzene rings is 1. The summed E-state index contributed by atoms with van der Waals surface area (Å²) in [4.78, 5) is 23.4. The predicted molar refractivity (Wildman–Crippen MR) is 82.7 cm³/mol. The number of halogens is 3. The lowest BCUT2D eigenvalue weighted by Gasteiger charge is -2.27. The first-order valence-electron chi connectivity index (χ1n) is 7.69. The maximum atomic E-state index is 13.5. The second kappa shape index (κ2) is 8.68. The third-order valence-electron chi connectivity index (χ3n) is 3.50. The highest BCUT2D eigenvalue weighted by Gasteiger charge is 2.27. The van der Waals surface area contributed by atoms with Crippen LogP contribution >= 0.6 is 0 Å². The van der Waals surface area contributed by atoms with Crippen molar-refractivity contribution in [3.05, 3.63) is 29.6 Å². The molecular weight excluding hydrogens is 325 g/mol. The average molecular weight is 346 g/mol. The summed E-state index contributed by atoms with van der Waals surface area (Å²) in [7, 11) is 0. The van der Waals surface area contributed by atoms with Crippen LogP contribution < -0.4 is 10.6 Å². The zero-order valence-electron chi connectivity index (χ0n) is 13.6. The fourth-order valence-electron chi connectivity index (χ4n) is 2.36. The maximum Gasteiger partial charge on any atom is 0.313 e. The average Bonchev–Trinajstić information content (AvgIpc) is 2.53. The van der Waals surface area contributed by atoms with Gasteiger partial charge in [0.25, 0.3) is 0 Å². The third kappa shape index (κ3) is 5.23. The van der Waals surface area contributed by atoms with Gasteiger partial charge in [-0.3, -0.25) is 9.59 Å². The lowest BCUT2D eigenvalue weighted by atomic mass is 9.92. The fourth-order valence-corrected chi connectivity index (χ4v) is 2.36. The van der Waals surface area contributed by atoms with Crippen LogP contribution in [0.4, 0.5) is 18.9 Å². The van der Waals surface area contributed by atoms with Gasteiger partial charge in [-0.2, -0.15) is 0 Å². The summed E-state index contributed by atoms with van der Waals surface area (Å²) in [5.74, 6) is -7.09. The summed E-state index contributed by atoms with van der Waals surface area (Å²) >= 11 is 0. The molecule has 0 heterocycles. The van der Waals surface area contributed by atoms with Gasteiger partial charge >= 0.3 is 11.8 Å². The minimum atomic E-state index is -1.74. The zero-order valence-corrected chi connectivity index (χ0v) is 13.6. The molecule has 0 fully saturated rings. The molecule has 5 nitrogen and oxygen atoms in total. The number of amides is 2. The van der Waals surface area contributed by atoms with E-state index in [-0.39, 0.29) is 6.54 Å². The number of rotatable bonds is 7. The van der Waals surface area contributed by atoms with Gasteiger partial charge < -0.3 is 15.7 Å². The molecule has 0 atom stereocenters. The fraction of sp³-hybridized carbons (Fsp3) is 0.500. The second-order valence-corrected chi connectivity index (χ2v) is 5.58. The maximum absolute atomic E-state index is 13.5. The molecule has 0 aliphatic carbocycles. The number of hydrogen-bond donors (Lipinski definition) is 3. The van der Waals surface area contributed by atoms with Crippen LogP contribution in [-0.2, 0) is 9.59 Å². The SMILES string of the molecule is CCCC(O)(CCC)CNC(=O)C(=O)Nc1ccc(F)c(F)c1F. The van der Waals surface area contributed by atoms with Crippen molar-refractivity contribution in [2.45, 2.75) is 45.1 Å². The molecule has 3 N–H and O–H groups in total. The Morgan fingerprint density at radius 3 is 2.17 bits per heavy atom. The van der Waals surface area contributed by atoms with Crippen LogP contribution in [-0.4, -0.2) is 29.1 Å². The Labute approximate surface area is 138 Å². The van der Waals surface area contributed by atoms with Crippen LogP contribution in [0.3, 0.4) is 0 Å². The Hall–Kier alpha value is -2.09. The van der Waals surface area contributed by atoms with Crippen LogP contribution in [0.2, 0.25) is 0 Å². The van der Waals surface area contributed by atoms with E-state index < -0.39 is 40.6 Å². The molecule has 0 unspecified atom stereocenters. The number of carbonyl (C=O) groups excluding carboxylic acids is 2. The monoisotopic (exact) mass is 346 g/mol. The normalized spacial score (nSPS) is 11.2. The minimum absolute atomic E-state index is 0.138. The Balaban J connectivity index is 2.69. The van der Waals surface area contributed by atoms with Crippen molar-refractivity contribution in [3.8, 4) is 0 Å². The molecule has 24 heavy (non-hydrogen) atoms. The topological polar surface area (TPSA) is 78.4 Å². The first-order valence-corrected chi connectivity index (χ1v) is 7.69. The van der Waals surface area contributed by atoms with Gasteiger partial charge in [0, 0.05) is 6.54 Å². The summed E-state index contributed by atoms with van der Waals surface area (Å²) in [5, 5.41) is 14.5. The van der Waals surface area contributed by atoms with Gasteiger partial charge in [0.1, 0.15) is 0 Å². The van der Waals surface area contributed by atoms with Gasteiger partial charge in [0.05, 0.1) is 11.3 Å². The molecule has 1 aromatic rings. The van der Waals surface area contributed by atoms with Gasteiger partial charge in [0.2, 0.25) is 0 Å². The van der Waals surface area contributed by atoms with Crippen molar-refractivity contribution in [2.75, 3.05) is 11.9 Å². The molecule has 8 heteroatoms. The van der Waals surface area contributed by atoms with E-state index in [0.29, 0.717) is 31.7 Å². The molecule has 0 spiro atoms. The summed E-state index contributed by atoms with van der Waals surface area (Å²) in [5.41, 5.74) is -1.78. The van der Waals surface area contributed by atoms with E-state index in [1.54, 1.807) is 0 Å². The summed E-state index contributed by atoms with van der Waals surface area (Å²) < 4.78 is 39.4. The third-order valence-corrected chi connectivity index (χ3v) is 3.50. The van der Waals surface area contributed by atoms with Crippen molar-refractivity contribution in [3.63, 3.8) is 0 Å². The van der Waals surface area contributed by atoms with Crippen molar-refractivity contribution < 1.29 is 27.9 Å². The first kappa shape index (κ1) is 20.0. The highest BCUT2D eigenvalue weighted by molar-refractivity contribution is 6.39. The van der Waals surface area contributed by atoms with Crippen LogP contribution in [0.25, 0.3) is 0 Å². The molecular formula is C16H21F3N2O3. The number of hydrogen-bond acceptors (Lipinski definition) is 3. The predicted octanol–water partition coefficient (Wildman–Crippen LogP) is 2.49. The first-order chi connectivity index (χ1) is 11.2. The van der Waals surface area contributed by atoms with Crippen molar-refractivity contribution in [1.29, 1.82) is 0 Å². The van der Waals surface area contributed by atoms with E-state index >= 15 is 0 Å². The van der Waals surface area contributed by atoms with Crippen LogP contribution in [0.15, 0.2) is 12.1 Å². The van der Waals surface area contributed by atoms with Gasteiger partial charge in [-0.25, -0.2) is 13.2 Å². The Morgan fingerprint density at radius 1 is 1.04 bits per heavy atom. The molecule has 0 aliphatic heterocycles. The standard InChI is InChI=1S/C16H21F3N2O3/c1-3-7-16(24,8-4-2)9-20-14(22)15(23)21-11-6-5-10(17)12(18)13(11)19/h5-6,24H,3-4,7-9H2,1-2H3,(H,20,22)(H,21,23). The highest BCUT2D eigenvalue weighted by atomic mass is 19.2. The number of aliphatic hydroxyl groups is 1. The highest BCUT2D eigenvalue weighted by Crippen LogP contribution is 2.20. The summed E-state index contributed by atoms with van der Waals surface area (Å²) in [6.07, 6.45) is 2.28. The van der Waals surface area contributed by atoms with Crippen LogP contribution in [0.1, 0.15) is 39.5 Å². The Bertz CT molecular complexity index is 602. The lowest BCUT2D eigenvalue weighted by Crippen LogP contribution is -2.46. The van der Waals surface area contributed by atoms with Gasteiger partial charge in [0.15, 0.2) is 17.5 Å². The molecule has 0 aromatic heterocycles. The number of carbonyl (C=O) groups is 2. The molecule has 134 valence electrons. The van der Waals surface area contributed by atoms with Gasteiger partial charge in [-0.05, 0) is 25.0 Å². The largest absolute Gasteiger partial charge is 0.388 e. The second-order valence-electron chi connectivity index (χ2n) is 5.58.